The van der Waals surface area contributed by atoms with E-state index >= 15 is 0 Å². The minimum absolute atomic E-state index is 0.0430. The second-order valence-corrected chi connectivity index (χ2v) is 6.35. The fourth-order valence-corrected chi connectivity index (χ4v) is 2.70. The molecule has 0 radical (unpaired) electrons. The van der Waals surface area contributed by atoms with Crippen LogP contribution in [-0.4, -0.2) is 34.1 Å². The molecule has 1 aromatic carbocycles. The van der Waals surface area contributed by atoms with Gasteiger partial charge < -0.3 is 10.2 Å². The van der Waals surface area contributed by atoms with Crippen LogP contribution in [0, 0.1) is 6.92 Å². The molecule has 0 spiro atoms. The van der Waals surface area contributed by atoms with Gasteiger partial charge in [0, 0.05) is 36.9 Å². The molecule has 7 nitrogen and oxygen atoms in total. The standard InChI is InChI=1S/C17H22N6O/c1-10(2)23-17(24)15-12(7-6-8-13(15)22(4)5)16(21-23)18-14-9-11(3)19-20-14/h6-10H,1-5H3,(H2,18,19,20,21). The summed E-state index contributed by atoms with van der Waals surface area (Å²) >= 11 is 0. The van der Waals surface area contributed by atoms with Crippen molar-refractivity contribution in [2.24, 2.45) is 0 Å². The Morgan fingerprint density at radius 1 is 1.29 bits per heavy atom. The predicted octanol–water partition coefficient (Wildman–Crippen LogP) is 2.82. The predicted molar refractivity (Wildman–Crippen MR) is 97.3 cm³/mol. The lowest BCUT2D eigenvalue weighted by Crippen LogP contribution is -2.27. The molecule has 0 bridgehead atoms. The first-order valence-electron chi connectivity index (χ1n) is 7.90. The van der Waals surface area contributed by atoms with Gasteiger partial charge in [0.05, 0.1) is 11.4 Å². The molecule has 0 fully saturated rings. The van der Waals surface area contributed by atoms with Crippen molar-refractivity contribution in [3.63, 3.8) is 0 Å². The number of aromatic nitrogens is 4. The van der Waals surface area contributed by atoms with Crippen LogP contribution in [0.1, 0.15) is 25.6 Å². The van der Waals surface area contributed by atoms with Crippen molar-refractivity contribution in [2.75, 3.05) is 24.3 Å². The zero-order valence-corrected chi connectivity index (χ0v) is 14.6. The number of hydrogen-bond donors (Lipinski definition) is 2. The summed E-state index contributed by atoms with van der Waals surface area (Å²) in [7, 11) is 3.86. The third kappa shape index (κ3) is 2.73. The Balaban J connectivity index is 2.30. The molecule has 2 heterocycles. The average Bonchev–Trinajstić information content (AvgIpc) is 2.94. The molecule has 0 aliphatic heterocycles. The maximum Gasteiger partial charge on any atom is 0.277 e. The van der Waals surface area contributed by atoms with E-state index in [0.717, 1.165) is 16.8 Å². The summed E-state index contributed by atoms with van der Waals surface area (Å²) in [5.41, 5.74) is 1.73. The van der Waals surface area contributed by atoms with E-state index in [4.69, 9.17) is 0 Å². The highest BCUT2D eigenvalue weighted by molar-refractivity contribution is 6.00. The third-order valence-electron chi connectivity index (χ3n) is 3.85. The van der Waals surface area contributed by atoms with Gasteiger partial charge in [0.25, 0.3) is 5.56 Å². The van der Waals surface area contributed by atoms with Crippen molar-refractivity contribution in [1.82, 2.24) is 20.0 Å². The molecule has 0 unspecified atom stereocenters. The van der Waals surface area contributed by atoms with Crippen LogP contribution in [0.25, 0.3) is 10.8 Å². The second-order valence-electron chi connectivity index (χ2n) is 6.35. The highest BCUT2D eigenvalue weighted by Gasteiger charge is 2.17. The number of anilines is 3. The lowest BCUT2D eigenvalue weighted by atomic mass is 10.1. The fourth-order valence-electron chi connectivity index (χ4n) is 2.70. The first-order chi connectivity index (χ1) is 11.4. The van der Waals surface area contributed by atoms with E-state index in [9.17, 15) is 4.79 Å². The molecule has 7 heteroatoms. The molecule has 0 saturated carbocycles. The number of rotatable bonds is 4. The lowest BCUT2D eigenvalue weighted by Gasteiger charge is -2.19. The van der Waals surface area contributed by atoms with Gasteiger partial charge in [-0.25, -0.2) is 4.68 Å². The Kier molecular flexibility index (Phi) is 4.01. The van der Waals surface area contributed by atoms with Crippen molar-refractivity contribution in [3.05, 3.63) is 40.3 Å². The smallest absolute Gasteiger partial charge is 0.277 e. The van der Waals surface area contributed by atoms with Crippen LogP contribution < -0.4 is 15.8 Å². The van der Waals surface area contributed by atoms with Crippen LogP contribution in [0.2, 0.25) is 0 Å². The van der Waals surface area contributed by atoms with E-state index in [-0.39, 0.29) is 11.6 Å². The maximum atomic E-state index is 12.9. The van der Waals surface area contributed by atoms with Gasteiger partial charge in [-0.3, -0.25) is 9.89 Å². The number of aromatic amines is 1. The minimum atomic E-state index is -0.0898. The molecule has 2 N–H and O–H groups in total. The molecule has 0 atom stereocenters. The second kappa shape index (κ2) is 5.99. The Hall–Kier alpha value is -2.83. The highest BCUT2D eigenvalue weighted by atomic mass is 16.1. The molecule has 126 valence electrons. The minimum Gasteiger partial charge on any atom is -0.377 e. The molecule has 3 rings (SSSR count). The highest BCUT2D eigenvalue weighted by Crippen LogP contribution is 2.28. The summed E-state index contributed by atoms with van der Waals surface area (Å²) in [6.07, 6.45) is 0. The first-order valence-corrected chi connectivity index (χ1v) is 7.90. The summed E-state index contributed by atoms with van der Waals surface area (Å²) in [6, 6.07) is 7.63. The van der Waals surface area contributed by atoms with Crippen molar-refractivity contribution in [3.8, 4) is 0 Å². The number of hydrogen-bond acceptors (Lipinski definition) is 5. The van der Waals surface area contributed by atoms with Gasteiger partial charge >= 0.3 is 0 Å². The fraction of sp³-hybridized carbons (Fsp3) is 0.353. The van der Waals surface area contributed by atoms with Crippen molar-refractivity contribution >= 4 is 28.1 Å². The molecule has 0 aliphatic carbocycles. The number of nitrogens with one attached hydrogen (secondary N) is 2. The largest absolute Gasteiger partial charge is 0.377 e. The molecule has 0 aliphatic rings. The van der Waals surface area contributed by atoms with Gasteiger partial charge in [-0.1, -0.05) is 12.1 Å². The van der Waals surface area contributed by atoms with Crippen LogP contribution in [0.4, 0.5) is 17.3 Å². The van der Waals surface area contributed by atoms with Crippen LogP contribution in [0.3, 0.4) is 0 Å². The Bertz CT molecular complexity index is 938. The van der Waals surface area contributed by atoms with Crippen LogP contribution in [0.15, 0.2) is 29.1 Å². The van der Waals surface area contributed by atoms with Crippen molar-refractivity contribution in [1.29, 1.82) is 0 Å². The van der Waals surface area contributed by atoms with Crippen LogP contribution >= 0.6 is 0 Å². The van der Waals surface area contributed by atoms with E-state index in [2.05, 4.69) is 20.6 Å². The quantitative estimate of drug-likeness (QED) is 0.771. The summed E-state index contributed by atoms with van der Waals surface area (Å²) in [5.74, 6) is 1.29. The zero-order chi connectivity index (χ0) is 17.4. The first kappa shape index (κ1) is 16.0. The molecule has 3 aromatic rings. The number of fused-ring (bicyclic) bond motifs is 1. The summed E-state index contributed by atoms with van der Waals surface area (Å²) in [5, 5.41) is 16.3. The van der Waals surface area contributed by atoms with E-state index in [0.29, 0.717) is 17.0 Å². The van der Waals surface area contributed by atoms with Gasteiger partial charge in [0.15, 0.2) is 11.6 Å². The topological polar surface area (TPSA) is 78.8 Å². The zero-order valence-electron chi connectivity index (χ0n) is 14.6. The van der Waals surface area contributed by atoms with E-state index in [1.54, 1.807) is 0 Å². The number of aryl methyl sites for hydroxylation is 1. The monoisotopic (exact) mass is 326 g/mol. The molecular formula is C17H22N6O. The number of H-pyrrole nitrogens is 1. The van der Waals surface area contributed by atoms with Gasteiger partial charge in [-0.2, -0.15) is 10.2 Å². The van der Waals surface area contributed by atoms with Crippen LogP contribution in [-0.2, 0) is 0 Å². The normalized spacial score (nSPS) is 11.2. The molecular weight excluding hydrogens is 304 g/mol. The molecule has 0 saturated heterocycles. The average molecular weight is 326 g/mol. The SMILES string of the molecule is Cc1cc(Nc2nn(C(C)C)c(=O)c3c(N(C)C)cccc23)n[nH]1. The van der Waals surface area contributed by atoms with E-state index < -0.39 is 0 Å². The summed E-state index contributed by atoms with van der Waals surface area (Å²) in [6.45, 7) is 5.82. The summed E-state index contributed by atoms with van der Waals surface area (Å²) in [4.78, 5) is 14.9. The lowest BCUT2D eigenvalue weighted by molar-refractivity contribution is 0.510. The van der Waals surface area contributed by atoms with E-state index in [1.165, 1.54) is 4.68 Å². The Morgan fingerprint density at radius 3 is 2.62 bits per heavy atom. The summed E-state index contributed by atoms with van der Waals surface area (Å²) < 4.78 is 1.51. The molecule has 2 aromatic heterocycles. The van der Waals surface area contributed by atoms with Crippen molar-refractivity contribution in [2.45, 2.75) is 26.8 Å². The number of nitrogens with zero attached hydrogens (tertiary/aromatic N) is 4. The molecule has 24 heavy (non-hydrogen) atoms. The Morgan fingerprint density at radius 2 is 2.04 bits per heavy atom. The number of benzene rings is 1. The van der Waals surface area contributed by atoms with Gasteiger partial charge in [0.2, 0.25) is 0 Å². The van der Waals surface area contributed by atoms with Gasteiger partial charge in [-0.05, 0) is 26.8 Å². The van der Waals surface area contributed by atoms with Gasteiger partial charge in [0.1, 0.15) is 0 Å². The van der Waals surface area contributed by atoms with Crippen molar-refractivity contribution < 1.29 is 0 Å². The Labute approximate surface area is 140 Å². The van der Waals surface area contributed by atoms with Crippen LogP contribution in [0.5, 0.6) is 0 Å². The maximum absolute atomic E-state index is 12.9. The van der Waals surface area contributed by atoms with E-state index in [1.807, 2.05) is 64.0 Å². The third-order valence-corrected chi connectivity index (χ3v) is 3.85. The molecule has 0 amide bonds. The van der Waals surface area contributed by atoms with Gasteiger partial charge in [-0.15, -0.1) is 0 Å².